The highest BCUT2D eigenvalue weighted by Crippen LogP contribution is 2.43. The fourth-order valence-corrected chi connectivity index (χ4v) is 4.88. The minimum Gasteiger partial charge on any atom is -0.337 e. The lowest BCUT2D eigenvalue weighted by molar-refractivity contribution is 0.0379. The molecular formula is C18H29N5O. The number of carbonyl (C=O) groups excluding carboxylic acids is 1. The second kappa shape index (κ2) is 6.82. The molecule has 2 saturated heterocycles. The number of nitrogens with zero attached hydrogens (tertiary/aromatic N) is 4. The smallest absolute Gasteiger partial charge is 0.276 e. The molecule has 0 unspecified atom stereocenters. The van der Waals surface area contributed by atoms with Crippen LogP contribution in [0.4, 0.5) is 0 Å². The van der Waals surface area contributed by atoms with Gasteiger partial charge in [-0.15, -0.1) is 5.10 Å². The quantitative estimate of drug-likeness (QED) is 0.904. The van der Waals surface area contributed by atoms with E-state index < -0.39 is 0 Å². The molecule has 3 fully saturated rings. The molecule has 1 aliphatic carbocycles. The van der Waals surface area contributed by atoms with Crippen molar-refractivity contribution in [1.82, 2.24) is 25.2 Å². The maximum atomic E-state index is 12.9. The molecule has 1 aromatic rings. The molecule has 1 N–H and O–H groups in total. The molecule has 1 aromatic heterocycles. The number of carbonyl (C=O) groups is 1. The van der Waals surface area contributed by atoms with Gasteiger partial charge < -0.3 is 10.2 Å². The molecule has 3 aliphatic rings. The molecule has 6 nitrogen and oxygen atoms in total. The van der Waals surface area contributed by atoms with Crippen molar-refractivity contribution < 1.29 is 4.79 Å². The van der Waals surface area contributed by atoms with E-state index in [0.717, 1.165) is 45.4 Å². The van der Waals surface area contributed by atoms with E-state index in [9.17, 15) is 4.79 Å². The lowest BCUT2D eigenvalue weighted by atomic mass is 9.69. The summed E-state index contributed by atoms with van der Waals surface area (Å²) in [7, 11) is 0. The first-order chi connectivity index (χ1) is 11.8. The van der Waals surface area contributed by atoms with E-state index in [2.05, 4.69) is 15.6 Å². The molecule has 1 spiro atoms. The molecule has 1 amide bonds. The molecule has 132 valence electrons. The zero-order valence-electron chi connectivity index (χ0n) is 14.5. The fraction of sp³-hybridized carbons (Fsp3) is 0.833. The summed E-state index contributed by atoms with van der Waals surface area (Å²) in [6.07, 6.45) is 13.0. The van der Waals surface area contributed by atoms with E-state index in [1.165, 1.54) is 38.5 Å². The van der Waals surface area contributed by atoms with Gasteiger partial charge in [-0.05, 0) is 57.0 Å². The van der Waals surface area contributed by atoms with Crippen LogP contribution in [0.15, 0.2) is 6.20 Å². The molecule has 0 atom stereocenters. The van der Waals surface area contributed by atoms with Gasteiger partial charge in [0.25, 0.3) is 5.91 Å². The van der Waals surface area contributed by atoms with Crippen molar-refractivity contribution in [1.29, 1.82) is 0 Å². The average Bonchev–Trinajstić information content (AvgIpc) is 3.13. The zero-order valence-corrected chi connectivity index (χ0v) is 14.5. The lowest BCUT2D eigenvalue weighted by Gasteiger charge is -2.45. The number of nitrogens with one attached hydrogen (secondary N) is 1. The van der Waals surface area contributed by atoms with E-state index >= 15 is 0 Å². The van der Waals surface area contributed by atoms with Crippen LogP contribution in [0.5, 0.6) is 0 Å². The van der Waals surface area contributed by atoms with Gasteiger partial charge in [-0.2, -0.15) is 0 Å². The van der Waals surface area contributed by atoms with Crippen LogP contribution in [0.25, 0.3) is 0 Å². The fourth-order valence-electron chi connectivity index (χ4n) is 4.88. The highest BCUT2D eigenvalue weighted by atomic mass is 16.2. The highest BCUT2D eigenvalue weighted by Gasteiger charge is 2.38. The Bertz CT molecular complexity index is 566. The number of hydrogen-bond acceptors (Lipinski definition) is 4. The van der Waals surface area contributed by atoms with Crippen molar-refractivity contribution in [2.24, 2.45) is 5.41 Å². The summed E-state index contributed by atoms with van der Waals surface area (Å²) in [5.41, 5.74) is 0.915. The third kappa shape index (κ3) is 3.21. The SMILES string of the molecule is O=C(c1cn(C2CCNCC2)nn1)N1CCCC2(CCCCC2)C1. The maximum Gasteiger partial charge on any atom is 0.276 e. The Balaban J connectivity index is 1.44. The predicted molar refractivity (Wildman–Crippen MR) is 91.8 cm³/mol. The van der Waals surface area contributed by atoms with Gasteiger partial charge in [0.05, 0.1) is 12.2 Å². The number of rotatable bonds is 2. The van der Waals surface area contributed by atoms with Crippen molar-refractivity contribution >= 4 is 5.91 Å². The van der Waals surface area contributed by atoms with Crippen LogP contribution in [0.3, 0.4) is 0 Å². The van der Waals surface area contributed by atoms with Crippen LogP contribution in [0.1, 0.15) is 74.3 Å². The molecule has 0 aromatic carbocycles. The lowest BCUT2D eigenvalue weighted by Crippen LogP contribution is -2.47. The second-order valence-corrected chi connectivity index (χ2v) is 7.96. The Morgan fingerprint density at radius 2 is 1.88 bits per heavy atom. The molecule has 3 heterocycles. The standard InChI is InChI=1S/C18H29N5O/c24-17(16-13-23(21-20-16)15-5-10-19-11-6-15)22-12-4-9-18(14-22)7-2-1-3-8-18/h13,15,19H,1-12,14H2. The first-order valence-electron chi connectivity index (χ1n) is 9.68. The molecular weight excluding hydrogens is 302 g/mol. The highest BCUT2D eigenvalue weighted by molar-refractivity contribution is 5.92. The summed E-state index contributed by atoms with van der Waals surface area (Å²) >= 11 is 0. The Labute approximate surface area is 144 Å². The van der Waals surface area contributed by atoms with Crippen molar-refractivity contribution in [3.63, 3.8) is 0 Å². The van der Waals surface area contributed by atoms with Crippen LogP contribution in [0.2, 0.25) is 0 Å². The second-order valence-electron chi connectivity index (χ2n) is 7.96. The number of hydrogen-bond donors (Lipinski definition) is 1. The van der Waals surface area contributed by atoms with Gasteiger partial charge in [0.2, 0.25) is 0 Å². The van der Waals surface area contributed by atoms with Gasteiger partial charge in [0.1, 0.15) is 0 Å². The average molecular weight is 331 g/mol. The number of aromatic nitrogens is 3. The molecule has 2 aliphatic heterocycles. The summed E-state index contributed by atoms with van der Waals surface area (Å²) < 4.78 is 1.91. The van der Waals surface area contributed by atoms with E-state index in [4.69, 9.17) is 0 Å². The number of likely N-dealkylation sites (tertiary alicyclic amines) is 1. The topological polar surface area (TPSA) is 63.1 Å². The summed E-state index contributed by atoms with van der Waals surface area (Å²) in [5.74, 6) is 0.0832. The summed E-state index contributed by atoms with van der Waals surface area (Å²) in [6.45, 7) is 3.83. The third-order valence-electron chi connectivity index (χ3n) is 6.28. The zero-order chi connectivity index (χ0) is 16.4. The van der Waals surface area contributed by atoms with Crippen molar-refractivity contribution in [3.8, 4) is 0 Å². The maximum absolute atomic E-state index is 12.9. The van der Waals surface area contributed by atoms with E-state index in [1.54, 1.807) is 0 Å². The minimum absolute atomic E-state index is 0.0832. The van der Waals surface area contributed by atoms with Gasteiger partial charge in [-0.3, -0.25) is 4.79 Å². The molecule has 4 rings (SSSR count). The van der Waals surface area contributed by atoms with Gasteiger partial charge in [0, 0.05) is 13.1 Å². The van der Waals surface area contributed by atoms with Crippen LogP contribution in [0, 0.1) is 5.41 Å². The van der Waals surface area contributed by atoms with Crippen LogP contribution < -0.4 is 5.32 Å². The Morgan fingerprint density at radius 1 is 1.12 bits per heavy atom. The number of amides is 1. The van der Waals surface area contributed by atoms with Gasteiger partial charge in [-0.25, -0.2) is 4.68 Å². The largest absolute Gasteiger partial charge is 0.337 e. The molecule has 1 saturated carbocycles. The van der Waals surface area contributed by atoms with Crippen molar-refractivity contribution in [2.45, 2.75) is 63.8 Å². The van der Waals surface area contributed by atoms with E-state index in [1.807, 2.05) is 15.8 Å². The van der Waals surface area contributed by atoms with Crippen LogP contribution in [-0.2, 0) is 0 Å². The van der Waals surface area contributed by atoms with Crippen molar-refractivity contribution in [2.75, 3.05) is 26.2 Å². The first kappa shape index (κ1) is 16.1. The third-order valence-corrected chi connectivity index (χ3v) is 6.28. The van der Waals surface area contributed by atoms with Crippen LogP contribution in [-0.4, -0.2) is 52.0 Å². The Kier molecular flexibility index (Phi) is 4.57. The summed E-state index contributed by atoms with van der Waals surface area (Å²) in [5, 5.41) is 11.8. The molecule has 0 bridgehead atoms. The van der Waals surface area contributed by atoms with Gasteiger partial charge >= 0.3 is 0 Å². The molecule has 0 radical (unpaired) electrons. The Hall–Kier alpha value is -1.43. The Morgan fingerprint density at radius 3 is 2.67 bits per heavy atom. The van der Waals surface area contributed by atoms with Crippen LogP contribution >= 0.6 is 0 Å². The first-order valence-corrected chi connectivity index (χ1v) is 9.68. The summed E-state index contributed by atoms with van der Waals surface area (Å²) in [6, 6.07) is 0.381. The van der Waals surface area contributed by atoms with Crippen molar-refractivity contribution in [3.05, 3.63) is 11.9 Å². The number of piperidine rings is 2. The molecule has 6 heteroatoms. The molecule has 24 heavy (non-hydrogen) atoms. The predicted octanol–water partition coefficient (Wildman–Crippen LogP) is 2.39. The monoisotopic (exact) mass is 331 g/mol. The summed E-state index contributed by atoms with van der Waals surface area (Å²) in [4.78, 5) is 15.0. The van der Waals surface area contributed by atoms with E-state index in [0.29, 0.717) is 17.2 Å². The minimum atomic E-state index is 0.0832. The van der Waals surface area contributed by atoms with E-state index in [-0.39, 0.29) is 5.91 Å². The van der Waals surface area contributed by atoms with Gasteiger partial charge in [0.15, 0.2) is 5.69 Å². The van der Waals surface area contributed by atoms with Gasteiger partial charge in [-0.1, -0.05) is 24.5 Å². The normalized spacial score (nSPS) is 25.1.